The summed E-state index contributed by atoms with van der Waals surface area (Å²) >= 11 is 0. The van der Waals surface area contributed by atoms with Crippen molar-refractivity contribution in [3.05, 3.63) is 107 Å². The topological polar surface area (TPSA) is 226 Å². The Hall–Kier alpha value is -5.25. The number of aliphatic carboxylic acids is 1. The van der Waals surface area contributed by atoms with E-state index in [1.54, 1.807) is 18.5 Å². The van der Waals surface area contributed by atoms with Crippen LogP contribution >= 0.6 is 0 Å². The number of aliphatic hydroxyl groups is 4. The van der Waals surface area contributed by atoms with Crippen molar-refractivity contribution >= 4 is 23.6 Å². The number of anilines is 1. The van der Waals surface area contributed by atoms with Crippen molar-refractivity contribution in [1.82, 2.24) is 9.97 Å². The lowest BCUT2D eigenvalue weighted by molar-refractivity contribution is -0.277. The van der Waals surface area contributed by atoms with E-state index in [4.69, 9.17) is 9.47 Å². The van der Waals surface area contributed by atoms with Gasteiger partial charge in [-0.3, -0.25) is 9.69 Å². The molecule has 1 aromatic heterocycles. The number of carbonyl (C=O) groups is 2. The molecule has 2 aliphatic rings. The summed E-state index contributed by atoms with van der Waals surface area (Å²) in [5.41, 5.74) is 4.34. The number of hydrogen-bond acceptors (Lipinski definition) is 11. The van der Waals surface area contributed by atoms with Crippen LogP contribution in [0.2, 0.25) is 0 Å². The van der Waals surface area contributed by atoms with Gasteiger partial charge in [0.1, 0.15) is 36.2 Å². The summed E-state index contributed by atoms with van der Waals surface area (Å²) in [5, 5.41) is 72.8. The number of ether oxygens (including phenoxy) is 2. The van der Waals surface area contributed by atoms with Crippen LogP contribution in [0.3, 0.4) is 0 Å². The van der Waals surface area contributed by atoms with Crippen molar-refractivity contribution in [1.29, 1.82) is 0 Å². The first kappa shape index (κ1) is 36.5. The Balaban J connectivity index is 1.34. The van der Waals surface area contributed by atoms with Crippen molar-refractivity contribution in [2.24, 2.45) is 0 Å². The molecule has 7 unspecified atom stereocenters. The van der Waals surface area contributed by atoms with E-state index in [2.05, 4.69) is 9.97 Å². The zero-order valence-corrected chi connectivity index (χ0v) is 28.2. The first-order chi connectivity index (χ1) is 25.0. The Bertz CT molecular complexity index is 1930. The third-order valence-corrected chi connectivity index (χ3v) is 9.63. The fourth-order valence-electron chi connectivity index (χ4n) is 6.88. The van der Waals surface area contributed by atoms with E-state index >= 15 is 0 Å². The summed E-state index contributed by atoms with van der Waals surface area (Å²) in [6, 6.07) is 15.5. The largest absolute Gasteiger partial charge is 0.508 e. The number of carboxylic acid groups (broad SMARTS) is 1. The normalized spacial score (nSPS) is 24.2. The van der Waals surface area contributed by atoms with E-state index in [-0.39, 0.29) is 17.2 Å². The van der Waals surface area contributed by atoms with Crippen LogP contribution in [0.5, 0.6) is 17.2 Å². The SMILES string of the molecule is CCc1nc[nH]c1Cc1cc(C=CC(=O)N2c3cc(OC4OC(CO)C(O)C(O)C4O)c(O)cc3C(CCc3ccccc3)C2C(=O)O)ccc1O. The van der Waals surface area contributed by atoms with Crippen LogP contribution < -0.4 is 9.64 Å². The number of hydrogen-bond donors (Lipinski definition) is 8. The molecule has 2 aliphatic heterocycles. The molecule has 0 saturated carbocycles. The predicted molar refractivity (Wildman–Crippen MR) is 187 cm³/mol. The Labute approximate surface area is 298 Å². The Kier molecular flexibility index (Phi) is 10.9. The molecular formula is C38H41N3O11. The van der Waals surface area contributed by atoms with Crippen molar-refractivity contribution in [3.63, 3.8) is 0 Å². The van der Waals surface area contributed by atoms with Gasteiger partial charge in [-0.1, -0.05) is 43.3 Å². The number of H-pyrrole nitrogens is 1. The number of aliphatic hydroxyl groups excluding tert-OH is 4. The van der Waals surface area contributed by atoms with Gasteiger partial charge in [0.15, 0.2) is 11.5 Å². The van der Waals surface area contributed by atoms with Crippen LogP contribution in [0.25, 0.3) is 6.08 Å². The van der Waals surface area contributed by atoms with Crippen molar-refractivity contribution < 1.29 is 54.8 Å². The number of fused-ring (bicyclic) bond motifs is 1. The second-order valence-corrected chi connectivity index (χ2v) is 12.9. The standard InChI is InChI=1S/C38H41N3O11/c1-2-25-26(40-19-39-25)15-22-14-21(9-12-28(22)43)10-13-32(45)41-27-17-30(51-38-36(48)35(47)34(46)31(18-42)52-38)29(44)16-24(27)23(33(41)37(49)50)11-8-20-6-4-3-5-7-20/h3-7,9-10,12-14,16-17,19,23,31,33-36,38,42-44,46-48H,2,8,11,15,18H2,1H3,(H,39,40)(H,49,50). The maximum Gasteiger partial charge on any atom is 0.327 e. The average Bonchev–Trinajstić information content (AvgIpc) is 3.73. The minimum absolute atomic E-state index is 0.0625. The molecule has 1 fully saturated rings. The maximum atomic E-state index is 14.1. The molecule has 1 saturated heterocycles. The first-order valence-corrected chi connectivity index (χ1v) is 17.0. The lowest BCUT2D eigenvalue weighted by Crippen LogP contribution is -2.60. The number of phenolic OH excluding ortho intramolecular Hbond substituents is 2. The summed E-state index contributed by atoms with van der Waals surface area (Å²) in [4.78, 5) is 35.5. The second kappa shape index (κ2) is 15.6. The highest BCUT2D eigenvalue weighted by Crippen LogP contribution is 2.48. The quantitative estimate of drug-likeness (QED) is 0.0990. The fourth-order valence-corrected chi connectivity index (χ4v) is 6.88. The number of rotatable bonds is 12. The van der Waals surface area contributed by atoms with Gasteiger partial charge in [-0.25, -0.2) is 9.78 Å². The average molecular weight is 716 g/mol. The number of carboxylic acids is 1. The van der Waals surface area contributed by atoms with E-state index in [1.165, 1.54) is 30.4 Å². The first-order valence-electron chi connectivity index (χ1n) is 17.0. The molecule has 14 nitrogen and oxygen atoms in total. The zero-order chi connectivity index (χ0) is 37.1. The van der Waals surface area contributed by atoms with Crippen molar-refractivity contribution in [3.8, 4) is 17.2 Å². The molecule has 3 aromatic carbocycles. The van der Waals surface area contributed by atoms with E-state index in [9.17, 15) is 45.3 Å². The highest BCUT2D eigenvalue weighted by molar-refractivity contribution is 6.09. The van der Waals surface area contributed by atoms with Gasteiger partial charge in [-0.15, -0.1) is 0 Å². The summed E-state index contributed by atoms with van der Waals surface area (Å²) < 4.78 is 11.2. The number of aromatic nitrogens is 2. The van der Waals surface area contributed by atoms with Gasteiger partial charge in [0, 0.05) is 35.7 Å². The van der Waals surface area contributed by atoms with Gasteiger partial charge in [-0.2, -0.15) is 0 Å². The molecule has 0 aliphatic carbocycles. The van der Waals surface area contributed by atoms with Crippen LogP contribution in [0.15, 0.2) is 73.1 Å². The molecule has 0 bridgehead atoms. The van der Waals surface area contributed by atoms with Gasteiger partial charge < -0.3 is 50.2 Å². The van der Waals surface area contributed by atoms with E-state index in [1.807, 2.05) is 37.3 Å². The molecule has 7 atom stereocenters. The van der Waals surface area contributed by atoms with E-state index in [0.29, 0.717) is 42.4 Å². The van der Waals surface area contributed by atoms with Gasteiger partial charge in [-0.05, 0) is 60.2 Å². The van der Waals surface area contributed by atoms with Gasteiger partial charge >= 0.3 is 5.97 Å². The number of nitrogens with zero attached hydrogens (tertiary/aromatic N) is 2. The molecule has 3 heterocycles. The van der Waals surface area contributed by atoms with Gasteiger partial charge in [0.05, 0.1) is 24.3 Å². The Morgan fingerprint density at radius 2 is 1.77 bits per heavy atom. The van der Waals surface area contributed by atoms with E-state index < -0.39 is 66.9 Å². The second-order valence-electron chi connectivity index (χ2n) is 12.9. The smallest absolute Gasteiger partial charge is 0.327 e. The molecular weight excluding hydrogens is 674 g/mol. The van der Waals surface area contributed by atoms with Crippen LogP contribution in [-0.4, -0.2) is 101 Å². The number of aromatic amines is 1. The summed E-state index contributed by atoms with van der Waals surface area (Å²) in [6.07, 6.45) is -1.91. The molecule has 6 rings (SSSR count). The third-order valence-electron chi connectivity index (χ3n) is 9.63. The highest BCUT2D eigenvalue weighted by Gasteiger charge is 2.48. The van der Waals surface area contributed by atoms with Crippen LogP contribution in [0, 0.1) is 0 Å². The number of imidazole rings is 1. The molecule has 274 valence electrons. The number of carbonyl (C=O) groups excluding carboxylic acids is 1. The van der Waals surface area contributed by atoms with Gasteiger partial charge in [0.2, 0.25) is 6.29 Å². The number of aromatic hydroxyl groups is 2. The minimum Gasteiger partial charge on any atom is -0.508 e. The monoisotopic (exact) mass is 715 g/mol. The predicted octanol–water partition coefficient (Wildman–Crippen LogP) is 2.38. The minimum atomic E-state index is -1.78. The number of nitrogens with one attached hydrogen (secondary N) is 1. The van der Waals surface area contributed by atoms with Gasteiger partial charge in [0.25, 0.3) is 5.91 Å². The lowest BCUT2D eigenvalue weighted by atomic mass is 9.88. The molecule has 52 heavy (non-hydrogen) atoms. The molecule has 1 amide bonds. The zero-order valence-electron chi connectivity index (χ0n) is 28.2. The van der Waals surface area contributed by atoms with Crippen molar-refractivity contribution in [2.75, 3.05) is 11.5 Å². The molecule has 0 radical (unpaired) electrons. The van der Waals surface area contributed by atoms with Crippen LogP contribution in [-0.2, 0) is 33.6 Å². The maximum absolute atomic E-state index is 14.1. The summed E-state index contributed by atoms with van der Waals surface area (Å²) in [5.74, 6) is -3.39. The lowest BCUT2D eigenvalue weighted by Gasteiger charge is -2.39. The summed E-state index contributed by atoms with van der Waals surface area (Å²) in [6.45, 7) is 1.27. The number of benzene rings is 3. The number of amides is 1. The summed E-state index contributed by atoms with van der Waals surface area (Å²) in [7, 11) is 0. The van der Waals surface area contributed by atoms with Crippen LogP contribution in [0.4, 0.5) is 5.69 Å². The van der Waals surface area contributed by atoms with E-state index in [0.717, 1.165) is 21.9 Å². The number of aryl methyl sites for hydroxylation is 2. The van der Waals surface area contributed by atoms with Crippen molar-refractivity contribution in [2.45, 2.75) is 75.3 Å². The Morgan fingerprint density at radius 1 is 1.00 bits per heavy atom. The molecule has 8 N–H and O–H groups in total. The highest BCUT2D eigenvalue weighted by atomic mass is 16.7. The van der Waals surface area contributed by atoms with Crippen LogP contribution in [0.1, 0.15) is 52.9 Å². The molecule has 14 heteroatoms. The number of phenols is 2. The fraction of sp³-hybridized carbons (Fsp3) is 0.342. The molecule has 0 spiro atoms. The molecule has 4 aromatic rings. The third kappa shape index (κ3) is 7.38. The Morgan fingerprint density at radius 3 is 2.48 bits per heavy atom.